The van der Waals surface area contributed by atoms with Crippen LogP contribution in [-0.4, -0.2) is 4.98 Å². The molecule has 0 atom stereocenters. The Morgan fingerprint density at radius 2 is 1.67 bits per heavy atom. The standard InChI is InChI=1S/C6H2Cl5N/c7-4-2-1-3(5(8)12-4)6(9,10)11/h1-2H. The van der Waals surface area contributed by atoms with Crippen molar-refractivity contribution < 1.29 is 0 Å². The minimum Gasteiger partial charge on any atom is -0.224 e. The van der Waals surface area contributed by atoms with Gasteiger partial charge in [-0.25, -0.2) is 4.98 Å². The van der Waals surface area contributed by atoms with E-state index in [0.29, 0.717) is 5.56 Å². The van der Waals surface area contributed by atoms with Gasteiger partial charge in [-0.1, -0.05) is 58.0 Å². The van der Waals surface area contributed by atoms with Gasteiger partial charge in [0.15, 0.2) is 0 Å². The van der Waals surface area contributed by atoms with E-state index in [1.165, 1.54) is 12.1 Å². The SMILES string of the molecule is Clc1ccc(C(Cl)(Cl)Cl)c(Cl)n1. The number of hydrogen-bond acceptors (Lipinski definition) is 1. The first-order valence-electron chi connectivity index (χ1n) is 2.80. The molecule has 0 aromatic carbocycles. The Kier molecular flexibility index (Phi) is 3.35. The van der Waals surface area contributed by atoms with Gasteiger partial charge >= 0.3 is 0 Å². The van der Waals surface area contributed by atoms with Gasteiger partial charge in [0, 0.05) is 5.56 Å². The van der Waals surface area contributed by atoms with E-state index in [-0.39, 0.29) is 10.3 Å². The smallest absolute Gasteiger partial charge is 0.218 e. The second-order valence-corrected chi connectivity index (χ2v) is 5.00. The van der Waals surface area contributed by atoms with Gasteiger partial charge < -0.3 is 0 Å². The third-order valence-corrected chi connectivity index (χ3v) is 2.23. The van der Waals surface area contributed by atoms with E-state index < -0.39 is 3.79 Å². The summed E-state index contributed by atoms with van der Waals surface area (Å²) in [5, 5.41) is 0.362. The fourth-order valence-electron chi connectivity index (χ4n) is 0.624. The minimum atomic E-state index is -1.56. The molecule has 0 aliphatic heterocycles. The monoisotopic (exact) mass is 263 g/mol. The van der Waals surface area contributed by atoms with Crippen molar-refractivity contribution in [2.24, 2.45) is 0 Å². The van der Waals surface area contributed by atoms with Crippen LogP contribution in [0, 0.1) is 0 Å². The maximum atomic E-state index is 5.67. The summed E-state index contributed by atoms with van der Waals surface area (Å²) in [6.45, 7) is 0. The van der Waals surface area contributed by atoms with Crippen LogP contribution in [0.4, 0.5) is 0 Å². The first-order chi connectivity index (χ1) is 5.41. The molecule has 1 rings (SSSR count). The summed E-state index contributed by atoms with van der Waals surface area (Å²) in [4.78, 5) is 3.72. The molecule has 0 amide bonds. The molecule has 0 saturated heterocycles. The van der Waals surface area contributed by atoms with Crippen molar-refractivity contribution >= 4 is 58.0 Å². The van der Waals surface area contributed by atoms with Gasteiger partial charge in [0.25, 0.3) is 0 Å². The molecule has 0 aliphatic carbocycles. The number of pyridine rings is 1. The van der Waals surface area contributed by atoms with E-state index in [2.05, 4.69) is 4.98 Å². The van der Waals surface area contributed by atoms with Crippen LogP contribution in [0.3, 0.4) is 0 Å². The van der Waals surface area contributed by atoms with Crippen molar-refractivity contribution in [3.05, 3.63) is 28.0 Å². The lowest BCUT2D eigenvalue weighted by molar-refractivity contribution is 1.17. The molecule has 0 N–H and O–H groups in total. The van der Waals surface area contributed by atoms with Crippen molar-refractivity contribution in [3.63, 3.8) is 0 Å². The van der Waals surface area contributed by atoms with Gasteiger partial charge in [-0.3, -0.25) is 0 Å². The predicted molar refractivity (Wildman–Crippen MR) is 53.5 cm³/mol. The third kappa shape index (κ3) is 2.54. The second kappa shape index (κ2) is 3.77. The molecular weight excluding hydrogens is 263 g/mol. The Hall–Kier alpha value is 0.600. The lowest BCUT2D eigenvalue weighted by atomic mass is 10.3. The summed E-state index contributed by atoms with van der Waals surface area (Å²) in [5.74, 6) is 0. The molecule has 0 aliphatic rings. The fraction of sp³-hybridized carbons (Fsp3) is 0.167. The van der Waals surface area contributed by atoms with Crippen molar-refractivity contribution in [1.29, 1.82) is 0 Å². The highest BCUT2D eigenvalue weighted by molar-refractivity contribution is 6.67. The van der Waals surface area contributed by atoms with Gasteiger partial charge in [-0.2, -0.15) is 0 Å². The van der Waals surface area contributed by atoms with E-state index in [9.17, 15) is 0 Å². The van der Waals surface area contributed by atoms with Crippen LogP contribution in [-0.2, 0) is 3.79 Å². The number of halogens is 5. The molecule has 0 bridgehead atoms. The molecule has 12 heavy (non-hydrogen) atoms. The van der Waals surface area contributed by atoms with Crippen LogP contribution in [0.1, 0.15) is 5.56 Å². The van der Waals surface area contributed by atoms with E-state index in [4.69, 9.17) is 58.0 Å². The highest BCUT2D eigenvalue weighted by atomic mass is 35.6. The summed E-state index contributed by atoms with van der Waals surface area (Å²) in [6, 6.07) is 3.02. The Balaban J connectivity index is 3.19. The number of hydrogen-bond donors (Lipinski definition) is 0. The highest BCUT2D eigenvalue weighted by Crippen LogP contribution is 2.41. The Bertz CT molecular complexity index is 292. The Morgan fingerprint density at radius 3 is 2.08 bits per heavy atom. The number of alkyl halides is 3. The van der Waals surface area contributed by atoms with Gasteiger partial charge in [0.2, 0.25) is 3.79 Å². The Labute approximate surface area is 94.5 Å². The summed E-state index contributed by atoms with van der Waals surface area (Å²) < 4.78 is -1.56. The van der Waals surface area contributed by atoms with Gasteiger partial charge in [-0.15, -0.1) is 0 Å². The average molecular weight is 265 g/mol. The zero-order valence-corrected chi connectivity index (χ0v) is 9.27. The molecular formula is C6H2Cl5N. The molecule has 0 spiro atoms. The summed E-state index contributed by atoms with van der Waals surface area (Å²) >= 11 is 27.9. The van der Waals surface area contributed by atoms with Crippen molar-refractivity contribution in [3.8, 4) is 0 Å². The van der Waals surface area contributed by atoms with E-state index in [1.54, 1.807) is 0 Å². The van der Waals surface area contributed by atoms with Crippen LogP contribution in [0.15, 0.2) is 12.1 Å². The maximum Gasteiger partial charge on any atom is 0.218 e. The largest absolute Gasteiger partial charge is 0.224 e. The zero-order chi connectivity index (χ0) is 9.35. The van der Waals surface area contributed by atoms with Crippen LogP contribution >= 0.6 is 58.0 Å². The Morgan fingerprint density at radius 1 is 1.08 bits per heavy atom. The fourth-order valence-corrected chi connectivity index (χ4v) is 1.71. The molecule has 1 aromatic heterocycles. The first-order valence-corrected chi connectivity index (χ1v) is 4.69. The quantitative estimate of drug-likeness (QED) is 0.505. The lowest BCUT2D eigenvalue weighted by Gasteiger charge is -2.11. The van der Waals surface area contributed by atoms with Crippen LogP contribution < -0.4 is 0 Å². The van der Waals surface area contributed by atoms with E-state index in [1.807, 2.05) is 0 Å². The molecule has 66 valence electrons. The molecule has 1 nitrogen and oxygen atoms in total. The zero-order valence-electron chi connectivity index (χ0n) is 5.49. The van der Waals surface area contributed by atoms with Crippen LogP contribution in [0.5, 0.6) is 0 Å². The lowest BCUT2D eigenvalue weighted by Crippen LogP contribution is -2.01. The van der Waals surface area contributed by atoms with E-state index >= 15 is 0 Å². The highest BCUT2D eigenvalue weighted by Gasteiger charge is 2.26. The van der Waals surface area contributed by atoms with Gasteiger partial charge in [-0.05, 0) is 12.1 Å². The van der Waals surface area contributed by atoms with Crippen molar-refractivity contribution in [1.82, 2.24) is 4.98 Å². The molecule has 1 heterocycles. The summed E-state index contributed by atoms with van der Waals surface area (Å²) in [7, 11) is 0. The summed E-state index contributed by atoms with van der Waals surface area (Å²) in [5.41, 5.74) is 0.318. The molecule has 0 fully saturated rings. The normalized spacial score (nSPS) is 11.8. The minimum absolute atomic E-state index is 0.0995. The van der Waals surface area contributed by atoms with Crippen molar-refractivity contribution in [2.45, 2.75) is 3.79 Å². The van der Waals surface area contributed by atoms with Crippen molar-refractivity contribution in [2.75, 3.05) is 0 Å². The molecule has 6 heteroatoms. The van der Waals surface area contributed by atoms with Crippen LogP contribution in [0.2, 0.25) is 10.3 Å². The van der Waals surface area contributed by atoms with Crippen LogP contribution in [0.25, 0.3) is 0 Å². The number of aromatic nitrogens is 1. The van der Waals surface area contributed by atoms with Gasteiger partial charge in [0.05, 0.1) is 0 Å². The predicted octanol–water partition coefficient (Wildman–Crippen LogP) is 4.22. The maximum absolute atomic E-state index is 5.67. The topological polar surface area (TPSA) is 12.9 Å². The third-order valence-electron chi connectivity index (χ3n) is 1.12. The molecule has 1 aromatic rings. The number of nitrogens with zero attached hydrogens (tertiary/aromatic N) is 1. The number of rotatable bonds is 0. The molecule has 0 saturated carbocycles. The average Bonchev–Trinajstić information content (AvgIpc) is 1.83. The van der Waals surface area contributed by atoms with E-state index in [0.717, 1.165) is 0 Å². The summed E-state index contributed by atoms with van der Waals surface area (Å²) in [6.07, 6.45) is 0. The first kappa shape index (κ1) is 10.7. The molecule has 0 unspecified atom stereocenters. The second-order valence-electron chi connectivity index (χ2n) is 1.97. The molecule has 0 radical (unpaired) electrons. The van der Waals surface area contributed by atoms with Gasteiger partial charge in [0.1, 0.15) is 10.3 Å².